The average Bonchev–Trinajstić information content (AvgIpc) is 2.14. The summed E-state index contributed by atoms with van der Waals surface area (Å²) < 4.78 is 14.1. The van der Waals surface area contributed by atoms with Crippen molar-refractivity contribution < 1.29 is 23.7 Å². The summed E-state index contributed by atoms with van der Waals surface area (Å²) in [7, 11) is -4.70. The SMILES string of the molecule is O=C(NCC1CCCCC1)OP(=O)(O)O. The van der Waals surface area contributed by atoms with Crippen molar-refractivity contribution in [3.05, 3.63) is 0 Å². The lowest BCUT2D eigenvalue weighted by molar-refractivity contribution is 0.173. The van der Waals surface area contributed by atoms with Crippen LogP contribution < -0.4 is 5.32 Å². The average molecular weight is 237 g/mol. The lowest BCUT2D eigenvalue weighted by atomic mass is 9.89. The van der Waals surface area contributed by atoms with E-state index in [0.717, 1.165) is 25.7 Å². The van der Waals surface area contributed by atoms with Crippen LogP contribution in [0.3, 0.4) is 0 Å². The Kier molecular flexibility index (Phi) is 4.57. The second kappa shape index (κ2) is 5.49. The highest BCUT2D eigenvalue weighted by Gasteiger charge is 2.21. The van der Waals surface area contributed by atoms with Crippen LogP contribution in [0, 0.1) is 5.92 Å². The number of carbonyl (C=O) groups is 1. The van der Waals surface area contributed by atoms with Crippen molar-refractivity contribution in [2.45, 2.75) is 32.1 Å². The number of phosphoric acid groups is 1. The molecular formula is C8H16NO5P. The van der Waals surface area contributed by atoms with Gasteiger partial charge in [0.1, 0.15) is 0 Å². The molecule has 88 valence electrons. The minimum Gasteiger partial charge on any atom is -0.354 e. The molecule has 0 saturated heterocycles. The molecule has 0 atom stereocenters. The second-order valence-corrected chi connectivity index (χ2v) is 4.92. The quantitative estimate of drug-likeness (QED) is 0.644. The van der Waals surface area contributed by atoms with E-state index < -0.39 is 13.9 Å². The molecule has 0 spiro atoms. The molecule has 0 aliphatic heterocycles. The molecule has 3 N–H and O–H groups in total. The molecule has 0 bridgehead atoms. The summed E-state index contributed by atoms with van der Waals surface area (Å²) >= 11 is 0. The maximum absolute atomic E-state index is 10.9. The first-order valence-corrected chi connectivity index (χ1v) is 6.53. The number of phosphoric ester groups is 1. The van der Waals surface area contributed by atoms with Crippen molar-refractivity contribution in [3.8, 4) is 0 Å². The number of amides is 1. The molecule has 1 aliphatic rings. The van der Waals surface area contributed by atoms with Crippen molar-refractivity contribution in [3.63, 3.8) is 0 Å². The van der Waals surface area contributed by atoms with Gasteiger partial charge in [-0.3, -0.25) is 9.79 Å². The van der Waals surface area contributed by atoms with Crippen molar-refractivity contribution >= 4 is 13.9 Å². The Morgan fingerprint density at radius 3 is 2.47 bits per heavy atom. The van der Waals surface area contributed by atoms with E-state index in [4.69, 9.17) is 9.79 Å². The molecule has 0 aromatic heterocycles. The van der Waals surface area contributed by atoms with Gasteiger partial charge in [-0.25, -0.2) is 9.36 Å². The number of hydrogen-bond acceptors (Lipinski definition) is 3. The summed E-state index contributed by atoms with van der Waals surface area (Å²) in [4.78, 5) is 27.6. The fourth-order valence-corrected chi connectivity index (χ4v) is 2.04. The normalized spacial score (nSPS) is 18.5. The smallest absolute Gasteiger partial charge is 0.354 e. The Bertz CT molecular complexity index is 258. The largest absolute Gasteiger partial charge is 0.528 e. The van der Waals surface area contributed by atoms with Crippen LogP contribution in [0.2, 0.25) is 0 Å². The second-order valence-electron chi connectivity index (χ2n) is 3.75. The summed E-state index contributed by atoms with van der Waals surface area (Å²) in [6.07, 6.45) is 4.59. The van der Waals surface area contributed by atoms with Gasteiger partial charge in [0.25, 0.3) is 0 Å². The van der Waals surface area contributed by atoms with Crippen molar-refractivity contribution in [2.75, 3.05) is 6.54 Å². The topological polar surface area (TPSA) is 95.9 Å². The van der Waals surface area contributed by atoms with Gasteiger partial charge in [0, 0.05) is 6.54 Å². The molecule has 1 saturated carbocycles. The Morgan fingerprint density at radius 2 is 1.93 bits per heavy atom. The van der Waals surface area contributed by atoms with Gasteiger partial charge < -0.3 is 9.84 Å². The van der Waals surface area contributed by atoms with Gasteiger partial charge in [-0.05, 0) is 18.8 Å². The fraction of sp³-hybridized carbons (Fsp3) is 0.875. The molecular weight excluding hydrogens is 221 g/mol. The van der Waals surface area contributed by atoms with E-state index in [2.05, 4.69) is 9.84 Å². The summed E-state index contributed by atoms with van der Waals surface area (Å²) in [5, 5.41) is 2.36. The van der Waals surface area contributed by atoms with Crippen molar-refractivity contribution in [1.29, 1.82) is 0 Å². The van der Waals surface area contributed by atoms with Crippen molar-refractivity contribution in [1.82, 2.24) is 5.32 Å². The zero-order valence-electron chi connectivity index (χ0n) is 8.39. The summed E-state index contributed by atoms with van der Waals surface area (Å²) in [6.45, 7) is 0.429. The molecule has 6 nitrogen and oxygen atoms in total. The third-order valence-electron chi connectivity index (χ3n) is 2.46. The standard InChI is InChI=1S/C8H16NO5P/c10-8(14-15(11,12)13)9-6-7-4-2-1-3-5-7/h7H,1-6H2,(H,9,10)(H2,11,12,13). The Balaban J connectivity index is 2.18. The predicted octanol–water partition coefficient (Wildman–Crippen LogP) is 1.39. The van der Waals surface area contributed by atoms with Crippen LogP contribution in [0.4, 0.5) is 4.79 Å². The third kappa shape index (κ3) is 5.77. The fourth-order valence-electron chi connectivity index (χ4n) is 1.76. The molecule has 1 rings (SSSR count). The maximum atomic E-state index is 10.9. The van der Waals surface area contributed by atoms with Crippen molar-refractivity contribution in [2.24, 2.45) is 5.92 Å². The van der Waals surface area contributed by atoms with Crippen LogP contribution in [-0.2, 0) is 9.09 Å². The molecule has 0 aromatic rings. The van der Waals surface area contributed by atoms with Crippen LogP contribution in [0.5, 0.6) is 0 Å². The molecule has 0 radical (unpaired) electrons. The number of rotatable bonds is 3. The van der Waals surface area contributed by atoms with E-state index in [0.29, 0.717) is 12.5 Å². The van der Waals surface area contributed by atoms with Gasteiger partial charge in [-0.2, -0.15) is 0 Å². The molecule has 15 heavy (non-hydrogen) atoms. The molecule has 0 unspecified atom stereocenters. The molecule has 1 aliphatic carbocycles. The minimum absolute atomic E-state index is 0.406. The number of hydrogen-bond donors (Lipinski definition) is 3. The van der Waals surface area contributed by atoms with Gasteiger partial charge in [0.15, 0.2) is 0 Å². The summed E-state index contributed by atoms with van der Waals surface area (Å²) in [5.74, 6) is 0.406. The lowest BCUT2D eigenvalue weighted by Gasteiger charge is -2.21. The van der Waals surface area contributed by atoms with E-state index in [1.54, 1.807) is 0 Å². The Morgan fingerprint density at radius 1 is 1.33 bits per heavy atom. The van der Waals surface area contributed by atoms with Gasteiger partial charge in [-0.1, -0.05) is 19.3 Å². The zero-order chi connectivity index (χ0) is 11.3. The van der Waals surface area contributed by atoms with E-state index in [1.807, 2.05) is 0 Å². The first-order valence-electron chi connectivity index (χ1n) is 5.00. The maximum Gasteiger partial charge on any atom is 0.528 e. The molecule has 1 fully saturated rings. The number of nitrogens with one attached hydrogen (secondary N) is 1. The highest BCUT2D eigenvalue weighted by Crippen LogP contribution is 2.35. The van der Waals surface area contributed by atoms with Crippen LogP contribution in [0.25, 0.3) is 0 Å². The van der Waals surface area contributed by atoms with E-state index in [1.165, 1.54) is 6.42 Å². The first kappa shape index (κ1) is 12.5. The number of carbonyl (C=O) groups excluding carboxylic acids is 1. The van der Waals surface area contributed by atoms with E-state index in [-0.39, 0.29) is 0 Å². The lowest BCUT2D eigenvalue weighted by Crippen LogP contribution is -2.30. The first-order chi connectivity index (χ1) is 6.97. The van der Waals surface area contributed by atoms with Crippen LogP contribution in [-0.4, -0.2) is 22.4 Å². The van der Waals surface area contributed by atoms with Gasteiger partial charge >= 0.3 is 13.9 Å². The molecule has 0 aromatic carbocycles. The van der Waals surface area contributed by atoms with E-state index in [9.17, 15) is 9.36 Å². The molecule has 1 amide bonds. The molecule has 7 heteroatoms. The highest BCUT2D eigenvalue weighted by molar-refractivity contribution is 7.46. The Hall–Kier alpha value is -0.580. The summed E-state index contributed by atoms with van der Waals surface area (Å²) in [6, 6.07) is 0. The summed E-state index contributed by atoms with van der Waals surface area (Å²) in [5.41, 5.74) is 0. The Labute approximate surface area is 88.3 Å². The monoisotopic (exact) mass is 237 g/mol. The van der Waals surface area contributed by atoms with E-state index >= 15 is 0 Å². The van der Waals surface area contributed by atoms with Gasteiger partial charge in [-0.15, -0.1) is 0 Å². The van der Waals surface area contributed by atoms with Crippen LogP contribution in [0.1, 0.15) is 32.1 Å². The van der Waals surface area contributed by atoms with Crippen LogP contribution >= 0.6 is 7.82 Å². The van der Waals surface area contributed by atoms with Crippen LogP contribution in [0.15, 0.2) is 0 Å². The van der Waals surface area contributed by atoms with Gasteiger partial charge in [0.2, 0.25) is 0 Å². The minimum atomic E-state index is -4.70. The highest BCUT2D eigenvalue weighted by atomic mass is 31.2. The zero-order valence-corrected chi connectivity index (χ0v) is 9.28. The third-order valence-corrected chi connectivity index (χ3v) is 2.87. The molecule has 0 heterocycles. The predicted molar refractivity (Wildman–Crippen MR) is 53.1 cm³/mol. The van der Waals surface area contributed by atoms with Gasteiger partial charge in [0.05, 0.1) is 0 Å².